The van der Waals surface area contributed by atoms with Crippen LogP contribution in [0.4, 0.5) is 0 Å². The third-order valence-electron chi connectivity index (χ3n) is 13.4. The lowest BCUT2D eigenvalue weighted by atomic mass is 9.71. The average Bonchev–Trinajstić information content (AvgIpc) is 3.26. The minimum absolute atomic E-state index is 0.0133. The summed E-state index contributed by atoms with van der Waals surface area (Å²) in [5, 5.41) is 12.8. The molecule has 1 aromatic carbocycles. The number of aldehydes is 1. The molecule has 1 aromatic rings. The highest BCUT2D eigenvalue weighted by Crippen LogP contribution is 2.43. The van der Waals surface area contributed by atoms with Gasteiger partial charge in [-0.25, -0.2) is 0 Å². The molecule has 0 aliphatic carbocycles. The Balaban J connectivity index is 1.82. The molecule has 3 fully saturated rings. The van der Waals surface area contributed by atoms with Crippen molar-refractivity contribution in [3.63, 3.8) is 0 Å². The fourth-order valence-electron chi connectivity index (χ4n) is 10.3. The van der Waals surface area contributed by atoms with Gasteiger partial charge < -0.3 is 57.4 Å². The maximum absolute atomic E-state index is 13.9. The summed E-state index contributed by atoms with van der Waals surface area (Å²) in [5.74, 6) is -4.78. The summed E-state index contributed by atoms with van der Waals surface area (Å²) in [6.07, 6.45) is -9.44. The van der Waals surface area contributed by atoms with E-state index in [1.165, 1.54) is 21.0 Å². The Morgan fingerprint density at radius 2 is 1.57 bits per heavy atom. The zero-order chi connectivity index (χ0) is 50.5. The number of likely N-dealkylation sites (N-methyl/N-ethyl adjacent to an activating group) is 1. The van der Waals surface area contributed by atoms with Gasteiger partial charge in [0.2, 0.25) is 0 Å². The van der Waals surface area contributed by atoms with E-state index in [0.717, 1.165) is 11.8 Å². The maximum Gasteiger partial charge on any atom is 0.309 e. The van der Waals surface area contributed by atoms with E-state index in [-0.39, 0.29) is 38.0 Å². The van der Waals surface area contributed by atoms with Gasteiger partial charge in [-0.15, -0.1) is 0 Å². The fraction of sp³-hybridized carbons (Fsp3) is 0.760. The van der Waals surface area contributed by atoms with Crippen LogP contribution in [0, 0.1) is 17.8 Å². The smallest absolute Gasteiger partial charge is 0.309 e. The van der Waals surface area contributed by atoms with Crippen LogP contribution in [0.1, 0.15) is 113 Å². The molecular weight excluding hydrogens is 885 g/mol. The molecule has 18 heteroatoms. The van der Waals surface area contributed by atoms with E-state index in [1.54, 1.807) is 60.5 Å². The molecular formula is C50H78N2O16. The van der Waals surface area contributed by atoms with Gasteiger partial charge in [-0.05, 0) is 72.0 Å². The quantitative estimate of drug-likeness (QED) is 0.145. The van der Waals surface area contributed by atoms with Crippen molar-refractivity contribution < 1.29 is 76.5 Å². The molecule has 0 bridgehead atoms. The Kier molecular flexibility index (Phi) is 21.8. The standard InChI is InChI=1S/C50H78N2O16/c1-13-39(56)65-37-25-41(58)61-30(4)20-22-52(27-35-18-16-15-17-19-35)28-38(64-33(7)54)29(3)24-36(21-23-53)43(47(37)60-12)48-45(59)44(51(10)11)46(31(5)63-48)67-42-26-50(9,68-34(8)55)49(32(6)62-42)66-40(57)14-2/h15-19,23,29-32,36-38,42-49,59H,13-14,20-22,24-28H2,1-12H3/t29-,30-,31-,32+,36+,37-,38+,42-,43+,44-,45-,46-,47-,48+,49+,50-/m1/s1. The highest BCUT2D eigenvalue weighted by molar-refractivity contribution is 5.73. The normalized spacial score (nSPS) is 35.7. The number of rotatable bonds is 15. The number of methoxy groups -OCH3 is 1. The summed E-state index contributed by atoms with van der Waals surface area (Å²) in [7, 11) is 4.96. The molecule has 0 amide bonds. The molecule has 0 spiro atoms. The lowest BCUT2D eigenvalue weighted by Gasteiger charge is -2.53. The van der Waals surface area contributed by atoms with Crippen molar-refractivity contribution in [2.24, 2.45) is 17.8 Å². The third kappa shape index (κ3) is 15.5. The van der Waals surface area contributed by atoms with Crippen LogP contribution in [0.2, 0.25) is 0 Å². The highest BCUT2D eigenvalue weighted by Gasteiger charge is 2.56. The highest BCUT2D eigenvalue weighted by atomic mass is 16.7. The van der Waals surface area contributed by atoms with Gasteiger partial charge in [-0.2, -0.15) is 0 Å². The van der Waals surface area contributed by atoms with Gasteiger partial charge in [0.15, 0.2) is 18.0 Å². The molecule has 68 heavy (non-hydrogen) atoms. The minimum atomic E-state index is -1.38. The number of hydrogen-bond acceptors (Lipinski definition) is 18. The van der Waals surface area contributed by atoms with Crippen LogP contribution in [0.3, 0.4) is 0 Å². The Labute approximate surface area is 402 Å². The molecule has 3 aliphatic rings. The molecule has 3 saturated heterocycles. The average molecular weight is 963 g/mol. The van der Waals surface area contributed by atoms with Crippen molar-refractivity contribution in [3.8, 4) is 0 Å². The van der Waals surface area contributed by atoms with E-state index < -0.39 is 127 Å². The summed E-state index contributed by atoms with van der Waals surface area (Å²) in [5.41, 5.74) is -0.305. The van der Waals surface area contributed by atoms with Crippen LogP contribution in [0.5, 0.6) is 0 Å². The first-order chi connectivity index (χ1) is 32.1. The Morgan fingerprint density at radius 1 is 0.912 bits per heavy atom. The van der Waals surface area contributed by atoms with Crippen LogP contribution in [0.15, 0.2) is 30.3 Å². The molecule has 3 aliphatic heterocycles. The second-order valence-corrected chi connectivity index (χ2v) is 19.2. The largest absolute Gasteiger partial charge is 0.463 e. The summed E-state index contributed by atoms with van der Waals surface area (Å²) < 4.78 is 55.8. The van der Waals surface area contributed by atoms with Crippen LogP contribution >= 0.6 is 0 Å². The molecule has 0 aromatic heterocycles. The zero-order valence-corrected chi connectivity index (χ0v) is 42.2. The summed E-state index contributed by atoms with van der Waals surface area (Å²) in [4.78, 5) is 81.6. The SMILES string of the molecule is CCC(=O)O[C@@H]1CC(=O)O[C@H](C)CCN(Cc2ccccc2)C[C@H](OC(C)=O)[C@H](C)C[C@H](CC=O)[C@H]([C@@H]2O[C@H](C)[C@@H](O[C@@H]3C[C@@](C)(OC(C)=O)[C@@H](OC(=O)CC)[C@H](C)O3)[C@H](N(C)C)[C@H]2O)[C@@H]1OC. The number of ether oxygens (including phenoxy) is 9. The third-order valence-corrected chi connectivity index (χ3v) is 13.4. The van der Waals surface area contributed by atoms with Gasteiger partial charge in [0.1, 0.15) is 36.8 Å². The molecule has 0 unspecified atom stereocenters. The van der Waals surface area contributed by atoms with E-state index in [1.807, 2.05) is 37.3 Å². The van der Waals surface area contributed by atoms with Gasteiger partial charge in [-0.1, -0.05) is 51.1 Å². The number of aliphatic hydroxyl groups is 1. The van der Waals surface area contributed by atoms with Crippen molar-refractivity contribution >= 4 is 36.1 Å². The molecule has 1 N–H and O–H groups in total. The lowest BCUT2D eigenvalue weighted by Crippen LogP contribution is -2.67. The summed E-state index contributed by atoms with van der Waals surface area (Å²) in [6.45, 7) is 16.1. The van der Waals surface area contributed by atoms with E-state index in [4.69, 9.17) is 42.6 Å². The van der Waals surface area contributed by atoms with Gasteiger partial charge in [0.05, 0.1) is 36.9 Å². The topological polar surface area (TPSA) is 212 Å². The number of carbonyl (C=O) groups is 6. The first kappa shape index (κ1) is 56.5. The predicted octanol–water partition coefficient (Wildman–Crippen LogP) is 4.57. The van der Waals surface area contributed by atoms with Gasteiger partial charge >= 0.3 is 29.8 Å². The first-order valence-electron chi connectivity index (χ1n) is 24.1. The van der Waals surface area contributed by atoms with Crippen LogP contribution < -0.4 is 0 Å². The Hall–Kier alpha value is -4.04. The number of hydrogen-bond donors (Lipinski definition) is 1. The lowest BCUT2D eigenvalue weighted by molar-refractivity contribution is -0.319. The number of aliphatic hydroxyl groups excluding tert-OH is 1. The second kappa shape index (κ2) is 26.2. The van der Waals surface area contributed by atoms with Gasteiger partial charge in [0.25, 0.3) is 0 Å². The fourth-order valence-corrected chi connectivity index (χ4v) is 10.3. The Bertz CT molecular complexity index is 1800. The minimum Gasteiger partial charge on any atom is -0.463 e. The van der Waals surface area contributed by atoms with Crippen molar-refractivity contribution in [1.29, 1.82) is 0 Å². The monoisotopic (exact) mass is 963 g/mol. The van der Waals surface area contributed by atoms with Crippen LogP contribution in [-0.2, 0) is 77.9 Å². The van der Waals surface area contributed by atoms with E-state index in [2.05, 4.69) is 4.90 Å². The number of benzene rings is 1. The second-order valence-electron chi connectivity index (χ2n) is 19.2. The number of carbonyl (C=O) groups excluding carboxylic acids is 6. The molecule has 0 saturated carbocycles. The number of nitrogens with zero attached hydrogens (tertiary/aromatic N) is 2. The molecule has 3 heterocycles. The van der Waals surface area contributed by atoms with Crippen LogP contribution in [-0.4, -0.2) is 164 Å². The van der Waals surface area contributed by atoms with E-state index >= 15 is 0 Å². The van der Waals surface area contributed by atoms with Crippen LogP contribution in [0.25, 0.3) is 0 Å². The van der Waals surface area contributed by atoms with Crippen molar-refractivity contribution in [2.75, 3.05) is 34.3 Å². The molecule has 0 radical (unpaired) electrons. The molecule has 16 atom stereocenters. The number of cyclic esters (lactones) is 1. The van der Waals surface area contributed by atoms with Crippen molar-refractivity contribution in [3.05, 3.63) is 35.9 Å². The summed E-state index contributed by atoms with van der Waals surface area (Å²) in [6, 6.07) is 9.03. The zero-order valence-electron chi connectivity index (χ0n) is 42.2. The molecule has 384 valence electrons. The Morgan fingerprint density at radius 3 is 2.16 bits per heavy atom. The van der Waals surface area contributed by atoms with Gasteiger partial charge in [-0.3, -0.25) is 28.9 Å². The first-order valence-corrected chi connectivity index (χ1v) is 24.1. The summed E-state index contributed by atoms with van der Waals surface area (Å²) >= 11 is 0. The number of esters is 5. The molecule has 4 rings (SSSR count). The maximum atomic E-state index is 13.9. The van der Waals surface area contributed by atoms with E-state index in [0.29, 0.717) is 26.1 Å². The van der Waals surface area contributed by atoms with Gasteiger partial charge in [0, 0.05) is 72.2 Å². The molecule has 18 nitrogen and oxygen atoms in total. The van der Waals surface area contributed by atoms with Crippen molar-refractivity contribution in [1.82, 2.24) is 9.80 Å². The van der Waals surface area contributed by atoms with Crippen molar-refractivity contribution in [2.45, 2.75) is 193 Å². The van der Waals surface area contributed by atoms with E-state index in [9.17, 15) is 33.9 Å². The predicted molar refractivity (Wildman–Crippen MR) is 246 cm³/mol.